The summed E-state index contributed by atoms with van der Waals surface area (Å²) in [7, 11) is 0. The number of benzene rings is 1. The zero-order valence-corrected chi connectivity index (χ0v) is 16.8. The van der Waals surface area contributed by atoms with Gasteiger partial charge >= 0.3 is 6.09 Å². The second-order valence-corrected chi connectivity index (χ2v) is 7.53. The maximum Gasteiger partial charge on any atom is 0.407 e. The van der Waals surface area contributed by atoms with Crippen LogP contribution in [0.4, 0.5) is 4.79 Å². The number of carbonyl (C=O) groups is 1. The van der Waals surface area contributed by atoms with Crippen molar-refractivity contribution >= 4 is 17.0 Å². The minimum Gasteiger partial charge on any atom is -0.450 e. The lowest BCUT2D eigenvalue weighted by atomic mass is 10.1. The highest BCUT2D eigenvalue weighted by Crippen LogP contribution is 2.49. The van der Waals surface area contributed by atoms with Gasteiger partial charge in [-0.2, -0.15) is 5.26 Å². The summed E-state index contributed by atoms with van der Waals surface area (Å²) in [6.45, 7) is 8.34. The molecule has 1 saturated carbocycles. The second-order valence-electron chi connectivity index (χ2n) is 7.53. The van der Waals surface area contributed by atoms with Gasteiger partial charge < -0.3 is 19.9 Å². The fourth-order valence-corrected chi connectivity index (χ4v) is 3.80. The summed E-state index contributed by atoms with van der Waals surface area (Å²) >= 11 is 0. The van der Waals surface area contributed by atoms with Crippen LogP contribution in [0.5, 0.6) is 0 Å². The molecule has 2 N–H and O–H groups in total. The van der Waals surface area contributed by atoms with E-state index in [4.69, 9.17) is 10.00 Å². The number of amides is 1. The van der Waals surface area contributed by atoms with Crippen LogP contribution in [0.25, 0.3) is 10.9 Å². The van der Waals surface area contributed by atoms with Crippen molar-refractivity contribution in [1.29, 1.82) is 5.26 Å². The van der Waals surface area contributed by atoms with Crippen molar-refractivity contribution < 1.29 is 9.53 Å². The third-order valence-electron chi connectivity index (χ3n) is 5.46. The van der Waals surface area contributed by atoms with Crippen molar-refractivity contribution in [2.75, 3.05) is 32.8 Å². The molecule has 28 heavy (non-hydrogen) atoms. The fourth-order valence-electron chi connectivity index (χ4n) is 3.80. The molecule has 1 aliphatic rings. The smallest absolute Gasteiger partial charge is 0.407 e. The molecule has 1 aliphatic carbocycles. The van der Waals surface area contributed by atoms with E-state index in [2.05, 4.69) is 34.4 Å². The fraction of sp³-hybridized carbons (Fsp3) is 0.545. The summed E-state index contributed by atoms with van der Waals surface area (Å²) in [5, 5.41) is 13.2. The Balaban J connectivity index is 1.46. The molecular weight excluding hydrogens is 352 g/mol. The second kappa shape index (κ2) is 9.61. The predicted octanol–water partition coefficient (Wildman–Crippen LogP) is 3.99. The Hall–Kier alpha value is -2.52. The molecule has 2 atom stereocenters. The zero-order valence-electron chi connectivity index (χ0n) is 16.8. The Morgan fingerprint density at radius 3 is 3.04 bits per heavy atom. The SMILES string of the molecule is CCCOC(=O)NCCCN(CC)CC1CC1c1c[nH]c2ccc(C#N)cc12. The van der Waals surface area contributed by atoms with Crippen molar-refractivity contribution in [1.82, 2.24) is 15.2 Å². The Labute approximate surface area is 166 Å². The standard InChI is InChI=1S/C22H30N4O2/c1-3-10-28-22(27)24-8-5-9-26(4-2)15-17-12-18(17)20-14-25-21-7-6-16(13-23)11-19(20)21/h6-7,11,14,17-18,25H,3-5,8-10,12,15H2,1-2H3,(H,24,27). The van der Waals surface area contributed by atoms with Crippen molar-refractivity contribution in [3.05, 3.63) is 35.5 Å². The molecule has 0 aliphatic heterocycles. The monoisotopic (exact) mass is 382 g/mol. The number of fused-ring (bicyclic) bond motifs is 1. The molecule has 6 nitrogen and oxygen atoms in total. The van der Waals surface area contributed by atoms with Crippen LogP contribution in [-0.2, 0) is 4.74 Å². The molecular formula is C22H30N4O2. The lowest BCUT2D eigenvalue weighted by Crippen LogP contribution is -2.31. The van der Waals surface area contributed by atoms with E-state index in [1.165, 1.54) is 17.4 Å². The van der Waals surface area contributed by atoms with Gasteiger partial charge in [-0.25, -0.2) is 4.79 Å². The van der Waals surface area contributed by atoms with Gasteiger partial charge in [-0.05, 0) is 68.0 Å². The van der Waals surface area contributed by atoms with E-state index in [1.54, 1.807) is 0 Å². The molecule has 2 aromatic rings. The number of hydrogen-bond acceptors (Lipinski definition) is 4. The Morgan fingerprint density at radius 2 is 2.29 bits per heavy atom. The minimum absolute atomic E-state index is 0.316. The van der Waals surface area contributed by atoms with E-state index in [0.717, 1.165) is 38.0 Å². The van der Waals surface area contributed by atoms with E-state index in [1.807, 2.05) is 25.1 Å². The quantitative estimate of drug-likeness (QED) is 0.609. The number of nitriles is 1. The molecule has 1 heterocycles. The first-order chi connectivity index (χ1) is 13.7. The third kappa shape index (κ3) is 5.05. The summed E-state index contributed by atoms with van der Waals surface area (Å²) in [5.41, 5.74) is 3.16. The molecule has 6 heteroatoms. The number of hydrogen-bond donors (Lipinski definition) is 2. The van der Waals surface area contributed by atoms with Gasteiger partial charge in [0.2, 0.25) is 0 Å². The van der Waals surface area contributed by atoms with Crippen LogP contribution >= 0.6 is 0 Å². The van der Waals surface area contributed by atoms with E-state index >= 15 is 0 Å². The van der Waals surface area contributed by atoms with Crippen molar-refractivity contribution in [3.8, 4) is 6.07 Å². The number of ether oxygens (including phenoxy) is 1. The van der Waals surface area contributed by atoms with Gasteiger partial charge in [0.25, 0.3) is 0 Å². The van der Waals surface area contributed by atoms with Crippen LogP contribution in [0.15, 0.2) is 24.4 Å². The van der Waals surface area contributed by atoms with Crippen molar-refractivity contribution in [2.24, 2.45) is 5.92 Å². The highest BCUT2D eigenvalue weighted by atomic mass is 16.5. The lowest BCUT2D eigenvalue weighted by molar-refractivity contribution is 0.145. The first kappa shape index (κ1) is 20.2. The maximum atomic E-state index is 11.5. The average molecular weight is 383 g/mol. The van der Waals surface area contributed by atoms with Crippen LogP contribution in [0.3, 0.4) is 0 Å². The molecule has 0 spiro atoms. The number of H-pyrrole nitrogens is 1. The molecule has 150 valence electrons. The summed E-state index contributed by atoms with van der Waals surface area (Å²) in [5.74, 6) is 1.23. The molecule has 1 amide bonds. The summed E-state index contributed by atoms with van der Waals surface area (Å²) in [4.78, 5) is 17.3. The first-order valence-electron chi connectivity index (χ1n) is 10.3. The molecule has 1 fully saturated rings. The van der Waals surface area contributed by atoms with Crippen molar-refractivity contribution in [2.45, 2.75) is 39.0 Å². The summed E-state index contributed by atoms with van der Waals surface area (Å²) in [6, 6.07) is 8.08. The van der Waals surface area contributed by atoms with E-state index in [-0.39, 0.29) is 6.09 Å². The topological polar surface area (TPSA) is 81.2 Å². The molecule has 2 unspecified atom stereocenters. The lowest BCUT2D eigenvalue weighted by Gasteiger charge is -2.20. The Bertz CT molecular complexity index is 839. The van der Waals surface area contributed by atoms with Crippen molar-refractivity contribution in [3.63, 3.8) is 0 Å². The van der Waals surface area contributed by atoms with Crippen LogP contribution in [-0.4, -0.2) is 48.8 Å². The molecule has 1 aromatic heterocycles. The number of nitrogens with zero attached hydrogens (tertiary/aromatic N) is 2. The zero-order chi connectivity index (χ0) is 19.9. The molecule has 3 rings (SSSR count). The maximum absolute atomic E-state index is 11.5. The number of nitrogens with one attached hydrogen (secondary N) is 2. The van der Waals surface area contributed by atoms with Crippen LogP contribution in [0.1, 0.15) is 50.2 Å². The van der Waals surface area contributed by atoms with E-state index in [9.17, 15) is 4.79 Å². The summed E-state index contributed by atoms with van der Waals surface area (Å²) < 4.78 is 5.02. The van der Waals surface area contributed by atoms with Crippen LogP contribution < -0.4 is 5.32 Å². The number of carbonyl (C=O) groups excluding carboxylic acids is 1. The van der Waals surface area contributed by atoms with Gasteiger partial charge in [0.1, 0.15) is 0 Å². The van der Waals surface area contributed by atoms with Gasteiger partial charge in [-0.3, -0.25) is 0 Å². The Morgan fingerprint density at radius 1 is 1.43 bits per heavy atom. The molecule has 0 bridgehead atoms. The van der Waals surface area contributed by atoms with Gasteiger partial charge in [-0.15, -0.1) is 0 Å². The van der Waals surface area contributed by atoms with Gasteiger partial charge in [0.15, 0.2) is 0 Å². The van der Waals surface area contributed by atoms with E-state index in [0.29, 0.717) is 30.6 Å². The number of aromatic nitrogens is 1. The van der Waals surface area contributed by atoms with Gasteiger partial charge in [-0.1, -0.05) is 13.8 Å². The third-order valence-corrected chi connectivity index (χ3v) is 5.46. The highest BCUT2D eigenvalue weighted by molar-refractivity contribution is 5.85. The van der Waals surface area contributed by atoms with Crippen LogP contribution in [0.2, 0.25) is 0 Å². The highest BCUT2D eigenvalue weighted by Gasteiger charge is 2.40. The van der Waals surface area contributed by atoms with Crippen LogP contribution in [0, 0.1) is 17.2 Å². The number of alkyl carbamates (subject to hydrolysis) is 1. The van der Waals surface area contributed by atoms with Gasteiger partial charge in [0, 0.05) is 30.2 Å². The normalized spacial score (nSPS) is 18.2. The molecule has 0 saturated heterocycles. The van der Waals surface area contributed by atoms with Gasteiger partial charge in [0.05, 0.1) is 18.2 Å². The largest absolute Gasteiger partial charge is 0.450 e. The van der Waals surface area contributed by atoms with E-state index < -0.39 is 0 Å². The molecule has 1 aromatic carbocycles. The first-order valence-corrected chi connectivity index (χ1v) is 10.3. The average Bonchev–Trinajstić information content (AvgIpc) is 3.35. The minimum atomic E-state index is -0.316. The number of rotatable bonds is 10. The Kier molecular flexibility index (Phi) is 6.94. The molecule has 0 radical (unpaired) electrons. The number of aromatic amines is 1. The summed E-state index contributed by atoms with van der Waals surface area (Å²) in [6.07, 6.45) is 4.75. The predicted molar refractivity (Wildman–Crippen MR) is 110 cm³/mol.